The quantitative estimate of drug-likeness (QED) is 0.653. The molecule has 0 aliphatic carbocycles. The van der Waals surface area contributed by atoms with Crippen molar-refractivity contribution in [1.29, 1.82) is 0 Å². The largest absolute Gasteiger partial charge is 0.347 e. The van der Waals surface area contributed by atoms with Gasteiger partial charge in [0.05, 0.1) is 11.4 Å². The van der Waals surface area contributed by atoms with E-state index in [-0.39, 0.29) is 42.6 Å². The van der Waals surface area contributed by atoms with Gasteiger partial charge in [-0.15, -0.1) is 0 Å². The van der Waals surface area contributed by atoms with Gasteiger partial charge in [0.25, 0.3) is 0 Å². The van der Waals surface area contributed by atoms with Gasteiger partial charge in [0.15, 0.2) is 0 Å². The molecular weight excluding hydrogens is 325 g/mol. The fourth-order valence-electron chi connectivity index (χ4n) is 1.57. The van der Waals surface area contributed by atoms with Crippen LogP contribution in [0.3, 0.4) is 0 Å². The van der Waals surface area contributed by atoms with E-state index in [2.05, 4.69) is 10.0 Å². The zero-order chi connectivity index (χ0) is 17.5. The Morgan fingerprint density at radius 2 is 1.78 bits per heavy atom. The summed E-state index contributed by atoms with van der Waals surface area (Å²) < 4.78 is 38.9. The molecule has 2 N–H and O–H groups in total. The minimum Gasteiger partial charge on any atom is -0.347 e. The fourth-order valence-corrected chi connectivity index (χ4v) is 2.65. The summed E-state index contributed by atoms with van der Waals surface area (Å²) in [7, 11) is -0.557. The lowest BCUT2D eigenvalue weighted by Crippen LogP contribution is -2.36. The summed E-state index contributed by atoms with van der Waals surface area (Å²) in [6, 6.07) is 4.45. The number of benzene rings is 1. The van der Waals surface area contributed by atoms with Crippen molar-refractivity contribution in [2.24, 2.45) is 0 Å². The molecule has 7 nitrogen and oxygen atoms in total. The van der Waals surface area contributed by atoms with E-state index in [9.17, 15) is 22.4 Å². The van der Waals surface area contributed by atoms with Crippen LogP contribution in [0.25, 0.3) is 0 Å². The third-order valence-corrected chi connectivity index (χ3v) is 4.41. The minimum absolute atomic E-state index is 0.0417. The molecule has 0 aliphatic rings. The normalized spacial score (nSPS) is 11.1. The van der Waals surface area contributed by atoms with Crippen LogP contribution in [0.2, 0.25) is 0 Å². The number of nitrogens with zero attached hydrogens (tertiary/aromatic N) is 1. The molecule has 2 amide bonds. The molecule has 1 aromatic rings. The molecular formula is C14H20FN3O4S. The van der Waals surface area contributed by atoms with Gasteiger partial charge in [0.1, 0.15) is 5.82 Å². The van der Waals surface area contributed by atoms with Gasteiger partial charge in [-0.25, -0.2) is 17.5 Å². The van der Waals surface area contributed by atoms with Crippen LogP contribution < -0.4 is 10.0 Å². The zero-order valence-corrected chi connectivity index (χ0v) is 13.8. The highest BCUT2D eigenvalue weighted by Gasteiger charge is 2.13. The third-order valence-electron chi connectivity index (χ3n) is 2.93. The van der Waals surface area contributed by atoms with Gasteiger partial charge in [-0.1, -0.05) is 0 Å². The van der Waals surface area contributed by atoms with E-state index in [0.29, 0.717) is 0 Å². The van der Waals surface area contributed by atoms with Gasteiger partial charge in [-0.05, 0) is 30.7 Å². The standard InChI is InChI=1S/C14H20FN3O4S/c1-18(2)14(20)10-16-13(19)4-3-9-17-23(21,22)12-7-5-11(15)6-8-12/h5-8,17H,3-4,9-10H2,1-2H3,(H,16,19). The minimum atomic E-state index is -3.72. The summed E-state index contributed by atoms with van der Waals surface area (Å²) in [5, 5.41) is 2.45. The van der Waals surface area contributed by atoms with Gasteiger partial charge in [0, 0.05) is 27.1 Å². The highest BCUT2D eigenvalue weighted by molar-refractivity contribution is 7.89. The maximum atomic E-state index is 12.8. The lowest BCUT2D eigenvalue weighted by Gasteiger charge is -2.11. The van der Waals surface area contributed by atoms with Crippen molar-refractivity contribution in [1.82, 2.24) is 14.9 Å². The zero-order valence-electron chi connectivity index (χ0n) is 13.0. The highest BCUT2D eigenvalue weighted by Crippen LogP contribution is 2.09. The highest BCUT2D eigenvalue weighted by atomic mass is 32.2. The molecule has 9 heteroatoms. The summed E-state index contributed by atoms with van der Waals surface area (Å²) in [5.74, 6) is -1.08. The molecule has 0 radical (unpaired) electrons. The second kappa shape index (κ2) is 8.59. The molecule has 1 rings (SSSR count). The van der Waals surface area contributed by atoms with Crippen molar-refractivity contribution in [3.05, 3.63) is 30.1 Å². The lowest BCUT2D eigenvalue weighted by atomic mass is 10.3. The smallest absolute Gasteiger partial charge is 0.241 e. The molecule has 0 atom stereocenters. The summed E-state index contributed by atoms with van der Waals surface area (Å²) in [4.78, 5) is 24.1. The number of hydrogen-bond acceptors (Lipinski definition) is 4. The first-order chi connectivity index (χ1) is 10.7. The van der Waals surface area contributed by atoms with Crippen molar-refractivity contribution in [2.75, 3.05) is 27.2 Å². The second-order valence-corrected chi connectivity index (χ2v) is 6.79. The number of likely N-dealkylation sites (N-methyl/N-ethyl adjacent to an activating group) is 1. The molecule has 1 aromatic carbocycles. The maximum absolute atomic E-state index is 12.8. The number of carbonyl (C=O) groups excluding carboxylic acids is 2. The molecule has 128 valence electrons. The summed E-state index contributed by atoms with van der Waals surface area (Å²) in [5.41, 5.74) is 0. The monoisotopic (exact) mass is 345 g/mol. The van der Waals surface area contributed by atoms with Crippen molar-refractivity contribution < 1.29 is 22.4 Å². The van der Waals surface area contributed by atoms with Crippen molar-refractivity contribution >= 4 is 21.8 Å². The van der Waals surface area contributed by atoms with E-state index in [1.54, 1.807) is 14.1 Å². The molecule has 0 saturated heterocycles. The van der Waals surface area contributed by atoms with Crippen LogP contribution in [0.15, 0.2) is 29.2 Å². The Morgan fingerprint density at radius 1 is 1.17 bits per heavy atom. The number of amides is 2. The average Bonchev–Trinajstić information content (AvgIpc) is 2.49. The average molecular weight is 345 g/mol. The van der Waals surface area contributed by atoms with Crippen molar-refractivity contribution in [2.45, 2.75) is 17.7 Å². The molecule has 0 aliphatic heterocycles. The molecule has 0 fully saturated rings. The molecule has 23 heavy (non-hydrogen) atoms. The Bertz CT molecular complexity index is 644. The Hall–Kier alpha value is -2.00. The first-order valence-electron chi connectivity index (χ1n) is 6.94. The van der Waals surface area contributed by atoms with E-state index in [4.69, 9.17) is 0 Å². The topological polar surface area (TPSA) is 95.6 Å². The summed E-state index contributed by atoms with van der Waals surface area (Å²) >= 11 is 0. The van der Waals surface area contributed by atoms with E-state index in [1.165, 1.54) is 4.90 Å². The van der Waals surface area contributed by atoms with Crippen LogP contribution in [0, 0.1) is 5.82 Å². The van der Waals surface area contributed by atoms with Crippen molar-refractivity contribution in [3.8, 4) is 0 Å². The number of nitrogens with one attached hydrogen (secondary N) is 2. The van der Waals surface area contributed by atoms with Gasteiger partial charge in [-0.3, -0.25) is 9.59 Å². The number of carbonyl (C=O) groups is 2. The Labute approximate surface area is 134 Å². The van der Waals surface area contributed by atoms with E-state index < -0.39 is 15.8 Å². The fraction of sp³-hybridized carbons (Fsp3) is 0.429. The van der Waals surface area contributed by atoms with Gasteiger partial charge in [-0.2, -0.15) is 0 Å². The van der Waals surface area contributed by atoms with Gasteiger partial charge < -0.3 is 10.2 Å². The van der Waals surface area contributed by atoms with Gasteiger partial charge >= 0.3 is 0 Å². The van der Waals surface area contributed by atoms with Gasteiger partial charge in [0.2, 0.25) is 21.8 Å². The molecule has 0 saturated carbocycles. The molecule has 0 spiro atoms. The second-order valence-electron chi connectivity index (χ2n) is 5.02. The summed E-state index contributed by atoms with van der Waals surface area (Å²) in [6.45, 7) is -0.0259. The molecule has 0 aromatic heterocycles. The Kier molecular flexibility index (Phi) is 7.11. The first-order valence-corrected chi connectivity index (χ1v) is 8.43. The van der Waals surface area contributed by atoms with Crippen LogP contribution in [-0.4, -0.2) is 52.3 Å². The van der Waals surface area contributed by atoms with Crippen LogP contribution >= 0.6 is 0 Å². The molecule has 0 bridgehead atoms. The van der Waals surface area contributed by atoms with Crippen LogP contribution in [0.5, 0.6) is 0 Å². The third kappa shape index (κ3) is 6.74. The predicted octanol–water partition coefficient (Wildman–Crippen LogP) is 0.0886. The Morgan fingerprint density at radius 3 is 2.35 bits per heavy atom. The maximum Gasteiger partial charge on any atom is 0.241 e. The number of sulfonamides is 1. The van der Waals surface area contributed by atoms with Crippen LogP contribution in [-0.2, 0) is 19.6 Å². The molecule has 0 unspecified atom stereocenters. The van der Waals surface area contributed by atoms with Crippen LogP contribution in [0.1, 0.15) is 12.8 Å². The van der Waals surface area contributed by atoms with E-state index >= 15 is 0 Å². The molecule has 0 heterocycles. The predicted molar refractivity (Wildman–Crippen MR) is 82.5 cm³/mol. The van der Waals surface area contributed by atoms with E-state index in [1.807, 2.05) is 0 Å². The van der Waals surface area contributed by atoms with Crippen molar-refractivity contribution in [3.63, 3.8) is 0 Å². The number of halogens is 1. The Balaban J connectivity index is 2.32. The summed E-state index contributed by atoms with van der Waals surface area (Å²) in [6.07, 6.45) is 0.370. The number of hydrogen-bond donors (Lipinski definition) is 2. The van der Waals surface area contributed by atoms with Crippen LogP contribution in [0.4, 0.5) is 4.39 Å². The number of rotatable bonds is 8. The lowest BCUT2D eigenvalue weighted by molar-refractivity contribution is -0.130. The SMILES string of the molecule is CN(C)C(=O)CNC(=O)CCCNS(=O)(=O)c1ccc(F)cc1. The van der Waals surface area contributed by atoms with E-state index in [0.717, 1.165) is 24.3 Å². The first kappa shape index (κ1) is 19.0.